The summed E-state index contributed by atoms with van der Waals surface area (Å²) >= 11 is 0. The summed E-state index contributed by atoms with van der Waals surface area (Å²) in [6.07, 6.45) is 5.74. The van der Waals surface area contributed by atoms with Crippen LogP contribution in [0.15, 0.2) is 18.2 Å². The van der Waals surface area contributed by atoms with Gasteiger partial charge in [0.25, 0.3) is 0 Å². The zero-order chi connectivity index (χ0) is 11.4. The SMILES string of the molecule is Cc1cccc(CNCCCC2CC2)c1C. The standard InChI is InChI=1S/C15H23N/c1-12-5-3-7-15(13(12)2)11-16-10-4-6-14-8-9-14/h3,5,7,14,16H,4,6,8-11H2,1-2H3. The van der Waals surface area contributed by atoms with Crippen LogP contribution in [-0.2, 0) is 6.54 Å². The van der Waals surface area contributed by atoms with Crippen molar-refractivity contribution >= 4 is 0 Å². The molecule has 1 fully saturated rings. The molecule has 2 rings (SSSR count). The van der Waals surface area contributed by atoms with E-state index in [-0.39, 0.29) is 0 Å². The van der Waals surface area contributed by atoms with Crippen molar-refractivity contribution in [2.75, 3.05) is 6.54 Å². The monoisotopic (exact) mass is 217 g/mol. The highest BCUT2D eigenvalue weighted by Gasteiger charge is 2.19. The van der Waals surface area contributed by atoms with E-state index in [0.29, 0.717) is 0 Å². The molecule has 0 spiro atoms. The van der Waals surface area contributed by atoms with Crippen LogP contribution in [-0.4, -0.2) is 6.54 Å². The van der Waals surface area contributed by atoms with Crippen molar-refractivity contribution in [3.8, 4) is 0 Å². The lowest BCUT2D eigenvalue weighted by atomic mass is 10.0. The van der Waals surface area contributed by atoms with E-state index in [4.69, 9.17) is 0 Å². The van der Waals surface area contributed by atoms with Crippen LogP contribution >= 0.6 is 0 Å². The minimum absolute atomic E-state index is 1.03. The van der Waals surface area contributed by atoms with Gasteiger partial charge in [0.15, 0.2) is 0 Å². The molecule has 0 saturated heterocycles. The van der Waals surface area contributed by atoms with Crippen molar-refractivity contribution in [3.63, 3.8) is 0 Å². The molecule has 0 unspecified atom stereocenters. The summed E-state index contributed by atoms with van der Waals surface area (Å²) in [4.78, 5) is 0. The van der Waals surface area contributed by atoms with E-state index < -0.39 is 0 Å². The highest BCUT2D eigenvalue weighted by atomic mass is 14.8. The molecule has 1 N–H and O–H groups in total. The van der Waals surface area contributed by atoms with Crippen molar-refractivity contribution in [2.24, 2.45) is 5.92 Å². The molecule has 88 valence electrons. The molecular weight excluding hydrogens is 194 g/mol. The van der Waals surface area contributed by atoms with Gasteiger partial charge < -0.3 is 5.32 Å². The highest BCUT2D eigenvalue weighted by Crippen LogP contribution is 2.33. The first-order valence-electron chi connectivity index (χ1n) is 6.53. The molecule has 1 aromatic carbocycles. The number of nitrogens with one attached hydrogen (secondary N) is 1. The molecule has 0 aliphatic heterocycles. The smallest absolute Gasteiger partial charge is 0.0208 e. The molecule has 1 aliphatic rings. The summed E-state index contributed by atoms with van der Waals surface area (Å²) in [5, 5.41) is 3.55. The Morgan fingerprint density at radius 1 is 1.25 bits per heavy atom. The van der Waals surface area contributed by atoms with Crippen LogP contribution in [0.4, 0.5) is 0 Å². The summed E-state index contributed by atoms with van der Waals surface area (Å²) in [6.45, 7) is 6.60. The third kappa shape index (κ3) is 3.34. The van der Waals surface area contributed by atoms with Gasteiger partial charge in [0, 0.05) is 6.54 Å². The van der Waals surface area contributed by atoms with E-state index in [9.17, 15) is 0 Å². The summed E-state index contributed by atoms with van der Waals surface area (Å²) in [6, 6.07) is 6.58. The fourth-order valence-corrected chi connectivity index (χ4v) is 2.15. The lowest BCUT2D eigenvalue weighted by Gasteiger charge is -2.09. The Kier molecular flexibility index (Phi) is 4.00. The molecule has 0 amide bonds. The second-order valence-corrected chi connectivity index (χ2v) is 5.12. The van der Waals surface area contributed by atoms with Crippen LogP contribution in [0.3, 0.4) is 0 Å². The van der Waals surface area contributed by atoms with E-state index in [1.54, 1.807) is 0 Å². The Bertz CT molecular complexity index is 339. The molecule has 1 nitrogen and oxygen atoms in total. The lowest BCUT2D eigenvalue weighted by molar-refractivity contribution is 0.593. The Morgan fingerprint density at radius 3 is 2.81 bits per heavy atom. The van der Waals surface area contributed by atoms with Crippen molar-refractivity contribution in [1.29, 1.82) is 0 Å². The largest absolute Gasteiger partial charge is 0.313 e. The first-order valence-corrected chi connectivity index (χ1v) is 6.53. The average molecular weight is 217 g/mol. The van der Waals surface area contributed by atoms with Gasteiger partial charge in [-0.2, -0.15) is 0 Å². The number of hydrogen-bond acceptors (Lipinski definition) is 1. The maximum Gasteiger partial charge on any atom is 0.0208 e. The zero-order valence-electron chi connectivity index (χ0n) is 10.6. The predicted molar refractivity (Wildman–Crippen MR) is 69.6 cm³/mol. The third-order valence-electron chi connectivity index (χ3n) is 3.70. The van der Waals surface area contributed by atoms with Crippen LogP contribution in [0.25, 0.3) is 0 Å². The predicted octanol–water partition coefficient (Wildman–Crippen LogP) is 3.58. The number of hydrogen-bond donors (Lipinski definition) is 1. The fraction of sp³-hybridized carbons (Fsp3) is 0.600. The van der Waals surface area contributed by atoms with Gasteiger partial charge in [0.2, 0.25) is 0 Å². The maximum absolute atomic E-state index is 3.55. The van der Waals surface area contributed by atoms with Crippen molar-refractivity contribution in [1.82, 2.24) is 5.32 Å². The Balaban J connectivity index is 1.69. The molecule has 0 atom stereocenters. The third-order valence-corrected chi connectivity index (χ3v) is 3.70. The van der Waals surface area contributed by atoms with Crippen LogP contribution in [0.1, 0.15) is 42.4 Å². The van der Waals surface area contributed by atoms with E-state index in [0.717, 1.165) is 12.5 Å². The average Bonchev–Trinajstić information content (AvgIpc) is 3.07. The van der Waals surface area contributed by atoms with Crippen LogP contribution in [0.2, 0.25) is 0 Å². The molecule has 1 saturated carbocycles. The van der Waals surface area contributed by atoms with Gasteiger partial charge in [-0.05, 0) is 55.8 Å². The quantitative estimate of drug-likeness (QED) is 0.718. The Hall–Kier alpha value is -0.820. The van der Waals surface area contributed by atoms with Crippen molar-refractivity contribution in [2.45, 2.75) is 46.1 Å². The molecule has 1 aromatic rings. The summed E-state index contributed by atoms with van der Waals surface area (Å²) < 4.78 is 0. The minimum atomic E-state index is 1.03. The normalized spacial score (nSPS) is 15.4. The molecule has 0 radical (unpaired) electrons. The van der Waals surface area contributed by atoms with Crippen LogP contribution in [0.5, 0.6) is 0 Å². The summed E-state index contributed by atoms with van der Waals surface area (Å²) in [5.41, 5.74) is 4.29. The van der Waals surface area contributed by atoms with E-state index in [1.165, 1.54) is 48.9 Å². The molecule has 0 heterocycles. The van der Waals surface area contributed by atoms with Gasteiger partial charge in [0.1, 0.15) is 0 Å². The zero-order valence-corrected chi connectivity index (χ0v) is 10.6. The van der Waals surface area contributed by atoms with Crippen LogP contribution in [0, 0.1) is 19.8 Å². The fourth-order valence-electron chi connectivity index (χ4n) is 2.15. The molecular formula is C15H23N. The second kappa shape index (κ2) is 5.49. The molecule has 1 aliphatic carbocycles. The maximum atomic E-state index is 3.55. The van der Waals surface area contributed by atoms with Crippen molar-refractivity contribution < 1.29 is 0 Å². The number of benzene rings is 1. The van der Waals surface area contributed by atoms with Crippen molar-refractivity contribution in [3.05, 3.63) is 34.9 Å². The molecule has 0 aromatic heterocycles. The molecule has 16 heavy (non-hydrogen) atoms. The molecule has 0 bridgehead atoms. The van der Waals surface area contributed by atoms with Gasteiger partial charge in [0.05, 0.1) is 0 Å². The Labute approximate surface area is 99.3 Å². The topological polar surface area (TPSA) is 12.0 Å². The van der Waals surface area contributed by atoms with Gasteiger partial charge in [-0.1, -0.05) is 31.0 Å². The molecule has 1 heteroatoms. The van der Waals surface area contributed by atoms with E-state index >= 15 is 0 Å². The number of rotatable bonds is 6. The van der Waals surface area contributed by atoms with E-state index in [2.05, 4.69) is 37.4 Å². The minimum Gasteiger partial charge on any atom is -0.313 e. The highest BCUT2D eigenvalue weighted by molar-refractivity contribution is 5.32. The van der Waals surface area contributed by atoms with Gasteiger partial charge >= 0.3 is 0 Å². The first-order chi connectivity index (χ1) is 7.77. The summed E-state index contributed by atoms with van der Waals surface area (Å²) in [7, 11) is 0. The first kappa shape index (κ1) is 11.7. The van der Waals surface area contributed by atoms with Crippen LogP contribution < -0.4 is 5.32 Å². The van der Waals surface area contributed by atoms with Gasteiger partial charge in [-0.15, -0.1) is 0 Å². The van der Waals surface area contributed by atoms with E-state index in [1.807, 2.05) is 0 Å². The summed E-state index contributed by atoms with van der Waals surface area (Å²) in [5.74, 6) is 1.07. The second-order valence-electron chi connectivity index (χ2n) is 5.12. The number of aryl methyl sites for hydroxylation is 1. The lowest BCUT2D eigenvalue weighted by Crippen LogP contribution is -2.15. The van der Waals surface area contributed by atoms with Gasteiger partial charge in [-0.25, -0.2) is 0 Å². The van der Waals surface area contributed by atoms with Gasteiger partial charge in [-0.3, -0.25) is 0 Å². The Morgan fingerprint density at radius 2 is 2.06 bits per heavy atom.